The van der Waals surface area contributed by atoms with E-state index >= 15 is 0 Å². The van der Waals surface area contributed by atoms with Crippen LogP contribution < -0.4 is 5.73 Å². The van der Waals surface area contributed by atoms with Crippen molar-refractivity contribution in [2.24, 2.45) is 10.9 Å². The second-order valence-electron chi connectivity index (χ2n) is 3.80. The fourth-order valence-electron chi connectivity index (χ4n) is 1.52. The van der Waals surface area contributed by atoms with E-state index in [1.165, 1.54) is 11.8 Å². The minimum atomic E-state index is 0.0342. The van der Waals surface area contributed by atoms with Crippen molar-refractivity contribution in [2.45, 2.75) is 9.79 Å². The molecule has 7 heteroatoms. The minimum absolute atomic E-state index is 0.0342. The summed E-state index contributed by atoms with van der Waals surface area (Å²) in [4.78, 5) is 1.61. The van der Waals surface area contributed by atoms with E-state index in [1.807, 2.05) is 12.1 Å². The van der Waals surface area contributed by atoms with Gasteiger partial charge in [-0.2, -0.15) is 0 Å². The normalized spacial score (nSPS) is 11.7. The summed E-state index contributed by atoms with van der Waals surface area (Å²) in [6.45, 7) is 0. The maximum atomic E-state index is 8.86. The van der Waals surface area contributed by atoms with E-state index in [9.17, 15) is 0 Å². The number of amidine groups is 1. The standard InChI is InChI=1S/C13H9BrCl2N2OS/c14-7-1-4-11(9(5-7)13(17)18-19)20-12-6-8(15)2-3-10(12)16/h1-6,19H,(H2,17,18). The Bertz CT molecular complexity index is 679. The van der Waals surface area contributed by atoms with Crippen molar-refractivity contribution in [3.63, 3.8) is 0 Å². The number of hydrogen-bond acceptors (Lipinski definition) is 3. The molecule has 0 unspecified atom stereocenters. The van der Waals surface area contributed by atoms with Crippen LogP contribution in [0.5, 0.6) is 0 Å². The molecule has 2 rings (SSSR count). The molecule has 0 fully saturated rings. The Hall–Kier alpha value is -0.880. The van der Waals surface area contributed by atoms with Crippen molar-refractivity contribution in [3.8, 4) is 0 Å². The van der Waals surface area contributed by atoms with Gasteiger partial charge in [0.25, 0.3) is 0 Å². The Morgan fingerprint density at radius 2 is 1.90 bits per heavy atom. The second kappa shape index (κ2) is 6.72. The first-order valence-electron chi connectivity index (χ1n) is 5.41. The van der Waals surface area contributed by atoms with Gasteiger partial charge >= 0.3 is 0 Å². The maximum absolute atomic E-state index is 8.86. The topological polar surface area (TPSA) is 58.6 Å². The molecule has 3 N–H and O–H groups in total. The average molecular weight is 392 g/mol. The van der Waals surface area contributed by atoms with Crippen molar-refractivity contribution in [2.75, 3.05) is 0 Å². The van der Waals surface area contributed by atoms with E-state index in [0.29, 0.717) is 15.6 Å². The first kappa shape index (κ1) is 15.5. The molecule has 0 amide bonds. The minimum Gasteiger partial charge on any atom is -0.409 e. The van der Waals surface area contributed by atoms with Crippen LogP contribution in [0.2, 0.25) is 10.0 Å². The number of oxime groups is 1. The summed E-state index contributed by atoms with van der Waals surface area (Å²) in [5.41, 5.74) is 6.31. The van der Waals surface area contributed by atoms with E-state index in [1.54, 1.807) is 24.3 Å². The van der Waals surface area contributed by atoms with E-state index in [2.05, 4.69) is 21.1 Å². The quantitative estimate of drug-likeness (QED) is 0.335. The molecule has 0 atom stereocenters. The van der Waals surface area contributed by atoms with Crippen LogP contribution in [0.3, 0.4) is 0 Å². The predicted octanol–water partition coefficient (Wildman–Crippen LogP) is 5.00. The Labute approximate surface area is 138 Å². The third-order valence-electron chi connectivity index (χ3n) is 2.44. The van der Waals surface area contributed by atoms with Gasteiger partial charge in [-0.3, -0.25) is 0 Å². The van der Waals surface area contributed by atoms with Crippen LogP contribution >= 0.6 is 50.9 Å². The number of nitrogens with zero attached hydrogens (tertiary/aromatic N) is 1. The van der Waals surface area contributed by atoms with Crippen molar-refractivity contribution in [1.29, 1.82) is 0 Å². The third-order valence-corrected chi connectivity index (χ3v) is 4.74. The zero-order valence-electron chi connectivity index (χ0n) is 9.98. The first-order valence-corrected chi connectivity index (χ1v) is 7.78. The fraction of sp³-hybridized carbons (Fsp3) is 0. The largest absolute Gasteiger partial charge is 0.409 e. The van der Waals surface area contributed by atoms with Gasteiger partial charge in [0.2, 0.25) is 0 Å². The van der Waals surface area contributed by atoms with Gasteiger partial charge < -0.3 is 10.9 Å². The summed E-state index contributed by atoms with van der Waals surface area (Å²) >= 11 is 16.9. The summed E-state index contributed by atoms with van der Waals surface area (Å²) in [6, 6.07) is 10.7. The van der Waals surface area contributed by atoms with Gasteiger partial charge in [0.1, 0.15) is 0 Å². The SMILES string of the molecule is N/C(=N/O)c1cc(Br)ccc1Sc1cc(Cl)ccc1Cl. The van der Waals surface area contributed by atoms with Gasteiger partial charge in [0.05, 0.1) is 5.02 Å². The number of rotatable bonds is 3. The van der Waals surface area contributed by atoms with Gasteiger partial charge in [-0.25, -0.2) is 0 Å². The van der Waals surface area contributed by atoms with Crippen molar-refractivity contribution in [1.82, 2.24) is 0 Å². The third kappa shape index (κ3) is 3.61. The average Bonchev–Trinajstić information content (AvgIpc) is 2.43. The molecule has 0 heterocycles. The van der Waals surface area contributed by atoms with Gasteiger partial charge in [-0.15, -0.1) is 0 Å². The highest BCUT2D eigenvalue weighted by molar-refractivity contribution is 9.10. The second-order valence-corrected chi connectivity index (χ2v) is 6.65. The van der Waals surface area contributed by atoms with Crippen LogP contribution in [0, 0.1) is 0 Å². The number of nitrogens with two attached hydrogens (primary N) is 1. The van der Waals surface area contributed by atoms with E-state index in [0.717, 1.165) is 14.3 Å². The van der Waals surface area contributed by atoms with Crippen LogP contribution in [0.1, 0.15) is 5.56 Å². The van der Waals surface area contributed by atoms with Crippen LogP contribution in [0.15, 0.2) is 55.8 Å². The van der Waals surface area contributed by atoms with Crippen LogP contribution in [-0.4, -0.2) is 11.0 Å². The molecule has 0 bridgehead atoms. The lowest BCUT2D eigenvalue weighted by atomic mass is 10.2. The highest BCUT2D eigenvalue weighted by Gasteiger charge is 2.11. The predicted molar refractivity (Wildman–Crippen MR) is 87.2 cm³/mol. The monoisotopic (exact) mass is 390 g/mol. The van der Waals surface area contributed by atoms with E-state index in [-0.39, 0.29) is 5.84 Å². The fourth-order valence-corrected chi connectivity index (χ4v) is 3.35. The lowest BCUT2D eigenvalue weighted by Crippen LogP contribution is -2.14. The molecule has 2 aromatic carbocycles. The van der Waals surface area contributed by atoms with E-state index in [4.69, 9.17) is 34.1 Å². The Balaban J connectivity index is 2.46. The van der Waals surface area contributed by atoms with Crippen molar-refractivity contribution < 1.29 is 5.21 Å². The first-order chi connectivity index (χ1) is 9.51. The smallest absolute Gasteiger partial charge is 0.171 e. The maximum Gasteiger partial charge on any atom is 0.171 e. The summed E-state index contributed by atoms with van der Waals surface area (Å²) in [6.07, 6.45) is 0. The molecule has 0 spiro atoms. The molecule has 0 aliphatic rings. The molecule has 20 heavy (non-hydrogen) atoms. The molecule has 2 aromatic rings. The number of halogens is 3. The number of hydrogen-bond donors (Lipinski definition) is 2. The zero-order chi connectivity index (χ0) is 14.7. The number of benzene rings is 2. The Morgan fingerprint density at radius 3 is 2.60 bits per heavy atom. The van der Waals surface area contributed by atoms with Crippen LogP contribution in [0.25, 0.3) is 0 Å². The van der Waals surface area contributed by atoms with Gasteiger partial charge in [0, 0.05) is 24.8 Å². The molecular weight excluding hydrogens is 383 g/mol. The Morgan fingerprint density at radius 1 is 1.15 bits per heavy atom. The highest BCUT2D eigenvalue weighted by Crippen LogP contribution is 2.37. The summed E-state index contributed by atoms with van der Waals surface area (Å²) < 4.78 is 0.834. The molecule has 0 aliphatic heterocycles. The van der Waals surface area contributed by atoms with Crippen LogP contribution in [-0.2, 0) is 0 Å². The molecular formula is C13H9BrCl2N2OS. The summed E-state index contributed by atoms with van der Waals surface area (Å²) in [5.74, 6) is 0.0342. The molecule has 0 aromatic heterocycles. The summed E-state index contributed by atoms with van der Waals surface area (Å²) in [7, 11) is 0. The Kier molecular flexibility index (Phi) is 5.21. The van der Waals surface area contributed by atoms with Gasteiger partial charge in [-0.05, 0) is 36.4 Å². The molecule has 104 valence electrons. The van der Waals surface area contributed by atoms with Gasteiger partial charge in [0.15, 0.2) is 5.84 Å². The molecule has 3 nitrogen and oxygen atoms in total. The lowest BCUT2D eigenvalue weighted by molar-refractivity contribution is 0.318. The molecule has 0 saturated carbocycles. The molecule has 0 aliphatic carbocycles. The lowest BCUT2D eigenvalue weighted by Gasteiger charge is -2.10. The van der Waals surface area contributed by atoms with Crippen molar-refractivity contribution in [3.05, 3.63) is 56.5 Å². The van der Waals surface area contributed by atoms with Gasteiger partial charge in [-0.1, -0.05) is 56.0 Å². The van der Waals surface area contributed by atoms with Crippen molar-refractivity contribution >= 4 is 56.7 Å². The zero-order valence-corrected chi connectivity index (χ0v) is 13.9. The highest BCUT2D eigenvalue weighted by atomic mass is 79.9. The van der Waals surface area contributed by atoms with E-state index < -0.39 is 0 Å². The van der Waals surface area contributed by atoms with Crippen LogP contribution in [0.4, 0.5) is 0 Å². The molecule has 0 radical (unpaired) electrons. The summed E-state index contributed by atoms with van der Waals surface area (Å²) in [5, 5.41) is 13.1. The molecule has 0 saturated heterocycles.